The lowest BCUT2D eigenvalue weighted by molar-refractivity contribution is -0.120. The van der Waals surface area contributed by atoms with Gasteiger partial charge in [0.05, 0.1) is 10.2 Å². The molecule has 0 spiro atoms. The van der Waals surface area contributed by atoms with E-state index in [0.29, 0.717) is 20.5 Å². The zero-order chi connectivity index (χ0) is 25.9. The average Bonchev–Trinajstić information content (AvgIpc) is 3.43. The summed E-state index contributed by atoms with van der Waals surface area (Å²) in [5.41, 5.74) is 1.95. The Bertz CT molecular complexity index is 1650. The van der Waals surface area contributed by atoms with E-state index in [1.165, 1.54) is 4.57 Å². The molecule has 0 aliphatic carbocycles. The number of nitriles is 1. The first-order chi connectivity index (χ1) is 17.2. The van der Waals surface area contributed by atoms with Gasteiger partial charge in [-0.2, -0.15) is 10.4 Å². The first kappa shape index (κ1) is 24.8. The number of ketones is 1. The molecule has 0 amide bonds. The normalized spacial score (nSPS) is 12.8. The molecule has 0 fully saturated rings. The molecule has 0 N–H and O–H groups in total. The number of aromatic nitrogens is 4. The summed E-state index contributed by atoms with van der Waals surface area (Å²) in [4.78, 5) is 30.6. The minimum atomic E-state index is -0.766. The van der Waals surface area contributed by atoms with Gasteiger partial charge in [-0.05, 0) is 30.3 Å². The van der Waals surface area contributed by atoms with Crippen LogP contribution in [0.5, 0.6) is 0 Å². The van der Waals surface area contributed by atoms with Crippen molar-refractivity contribution in [1.82, 2.24) is 19.3 Å². The van der Waals surface area contributed by atoms with Gasteiger partial charge in [-0.3, -0.25) is 19.1 Å². The summed E-state index contributed by atoms with van der Waals surface area (Å²) in [6.07, 6.45) is 8.58. The molecule has 8 heteroatoms. The predicted octanol–water partition coefficient (Wildman–Crippen LogP) is 3.46. The standard InChI is InChI=1S/C28H25N5O2S/c1-5-14-32-26(35)23(36-27(32)22(16-29)25(34)28(2,3)4)15-20-18-33(21-11-7-6-8-12-21)31-24(20)19-10-9-13-30-17-19/h5-13,15,17-18H,1,14H2,2-4H3/b23-15+,27-22+. The van der Waals surface area contributed by atoms with E-state index in [1.54, 1.807) is 50.0 Å². The molecule has 0 bridgehead atoms. The van der Waals surface area contributed by atoms with Crippen LogP contribution in [0.3, 0.4) is 0 Å². The highest BCUT2D eigenvalue weighted by molar-refractivity contribution is 7.07. The molecule has 0 saturated heterocycles. The Kier molecular flexibility index (Phi) is 6.95. The Balaban J connectivity index is 2.01. The van der Waals surface area contributed by atoms with Crippen LogP contribution in [0.1, 0.15) is 26.3 Å². The highest BCUT2D eigenvalue weighted by Crippen LogP contribution is 2.24. The molecule has 3 heterocycles. The van der Waals surface area contributed by atoms with Gasteiger partial charge in [0.2, 0.25) is 0 Å². The number of pyridine rings is 1. The van der Waals surface area contributed by atoms with Crippen LogP contribution in [0, 0.1) is 16.7 Å². The molecule has 0 radical (unpaired) electrons. The molecule has 3 aromatic heterocycles. The van der Waals surface area contributed by atoms with Crippen LogP contribution in [0.25, 0.3) is 28.6 Å². The van der Waals surface area contributed by atoms with Crippen LogP contribution in [0.4, 0.5) is 0 Å². The first-order valence-corrected chi connectivity index (χ1v) is 12.1. The zero-order valence-electron chi connectivity index (χ0n) is 20.3. The molecule has 1 aromatic carbocycles. The van der Waals surface area contributed by atoms with E-state index in [2.05, 4.69) is 11.6 Å². The van der Waals surface area contributed by atoms with Crippen molar-refractivity contribution in [3.8, 4) is 23.0 Å². The lowest BCUT2D eigenvalue weighted by Gasteiger charge is -2.15. The molecule has 4 aromatic rings. The molecule has 0 aliphatic rings. The Hall–Kier alpha value is -4.35. The number of hydrogen-bond donors (Lipinski definition) is 0. The second-order valence-corrected chi connectivity index (χ2v) is 10.2. The number of carbonyl (C=O) groups is 1. The number of thiazole rings is 1. The lowest BCUT2D eigenvalue weighted by atomic mass is 9.87. The maximum atomic E-state index is 13.4. The molecule has 7 nitrogen and oxygen atoms in total. The van der Waals surface area contributed by atoms with E-state index >= 15 is 0 Å². The molecule has 0 atom stereocenters. The van der Waals surface area contributed by atoms with Crippen LogP contribution >= 0.6 is 11.3 Å². The second kappa shape index (κ2) is 10.1. The van der Waals surface area contributed by atoms with Crippen LogP contribution in [-0.4, -0.2) is 25.1 Å². The van der Waals surface area contributed by atoms with Gasteiger partial charge in [-0.25, -0.2) is 4.68 Å². The monoisotopic (exact) mass is 495 g/mol. The molecule has 0 unspecified atom stereocenters. The highest BCUT2D eigenvalue weighted by atomic mass is 32.1. The van der Waals surface area contributed by atoms with Crippen LogP contribution in [0.15, 0.2) is 78.5 Å². The van der Waals surface area contributed by atoms with Gasteiger partial charge in [0.1, 0.15) is 22.0 Å². The summed E-state index contributed by atoms with van der Waals surface area (Å²) >= 11 is 1.12. The predicted molar refractivity (Wildman–Crippen MR) is 142 cm³/mol. The highest BCUT2D eigenvalue weighted by Gasteiger charge is 2.27. The Morgan fingerprint density at radius 3 is 2.56 bits per heavy atom. The molecular weight excluding hydrogens is 470 g/mol. The van der Waals surface area contributed by atoms with Crippen LogP contribution < -0.4 is 14.8 Å². The average molecular weight is 496 g/mol. The number of benzene rings is 1. The zero-order valence-corrected chi connectivity index (χ0v) is 21.1. The summed E-state index contributed by atoms with van der Waals surface area (Å²) in [6, 6.07) is 15.4. The van der Waals surface area contributed by atoms with Gasteiger partial charge in [0.15, 0.2) is 5.78 Å². The molecule has 180 valence electrons. The fourth-order valence-corrected chi connectivity index (χ4v) is 4.75. The number of para-hydroxylation sites is 1. The Labute approximate surface area is 212 Å². The molecule has 4 rings (SSSR count). The number of nitrogens with zero attached hydrogens (tertiary/aromatic N) is 5. The molecule has 36 heavy (non-hydrogen) atoms. The number of hydrogen-bond acceptors (Lipinski definition) is 6. The number of Topliss-reactive ketones (excluding diaryl/α,β-unsaturated/α-hetero) is 1. The van der Waals surface area contributed by atoms with Gasteiger partial charge in [-0.15, -0.1) is 17.9 Å². The van der Waals surface area contributed by atoms with E-state index in [0.717, 1.165) is 22.6 Å². The minimum Gasteiger partial charge on any atom is -0.294 e. The van der Waals surface area contributed by atoms with Gasteiger partial charge < -0.3 is 0 Å². The van der Waals surface area contributed by atoms with Crippen molar-refractivity contribution in [3.05, 3.63) is 98.8 Å². The summed E-state index contributed by atoms with van der Waals surface area (Å²) < 4.78 is 3.89. The van der Waals surface area contributed by atoms with Crippen molar-refractivity contribution in [1.29, 1.82) is 5.26 Å². The van der Waals surface area contributed by atoms with E-state index in [-0.39, 0.29) is 23.5 Å². The van der Waals surface area contributed by atoms with Crippen molar-refractivity contribution in [3.63, 3.8) is 0 Å². The van der Waals surface area contributed by atoms with Gasteiger partial charge in [-0.1, -0.05) is 45.0 Å². The van der Waals surface area contributed by atoms with Crippen LogP contribution in [0.2, 0.25) is 0 Å². The van der Waals surface area contributed by atoms with Gasteiger partial charge in [0, 0.05) is 41.7 Å². The fraction of sp³-hybridized carbons (Fsp3) is 0.179. The maximum Gasteiger partial charge on any atom is 0.269 e. The summed E-state index contributed by atoms with van der Waals surface area (Å²) in [5.74, 6) is -0.316. The second-order valence-electron chi connectivity index (χ2n) is 9.14. The number of carbonyl (C=O) groups excluding carboxylic acids is 1. The molecule has 0 saturated carbocycles. The van der Waals surface area contributed by atoms with Crippen molar-refractivity contribution >= 4 is 28.8 Å². The van der Waals surface area contributed by atoms with Crippen LogP contribution in [-0.2, 0) is 11.3 Å². The van der Waals surface area contributed by atoms with E-state index in [4.69, 9.17) is 5.10 Å². The van der Waals surface area contributed by atoms with Crippen molar-refractivity contribution in [2.75, 3.05) is 0 Å². The molecule has 0 aliphatic heterocycles. The Morgan fingerprint density at radius 1 is 1.19 bits per heavy atom. The smallest absolute Gasteiger partial charge is 0.269 e. The third-order valence-corrected chi connectivity index (χ3v) is 6.57. The topological polar surface area (TPSA) is 93.6 Å². The lowest BCUT2D eigenvalue weighted by Crippen LogP contribution is -2.34. The largest absolute Gasteiger partial charge is 0.294 e. The van der Waals surface area contributed by atoms with Gasteiger partial charge >= 0.3 is 0 Å². The SMILES string of the molecule is C=CCn1c(=O)/c(=C\c2cn(-c3ccccc3)nc2-c2cccnc2)s/c1=C(\C#N)C(=O)C(C)(C)C. The van der Waals surface area contributed by atoms with Crippen molar-refractivity contribution in [2.24, 2.45) is 5.41 Å². The summed E-state index contributed by atoms with van der Waals surface area (Å²) in [7, 11) is 0. The third-order valence-electron chi connectivity index (χ3n) is 5.44. The number of rotatable bonds is 6. The van der Waals surface area contributed by atoms with Gasteiger partial charge in [0.25, 0.3) is 5.56 Å². The van der Waals surface area contributed by atoms with Crippen molar-refractivity contribution < 1.29 is 4.79 Å². The quantitative estimate of drug-likeness (QED) is 0.382. The van der Waals surface area contributed by atoms with Crippen molar-refractivity contribution in [2.45, 2.75) is 27.3 Å². The van der Waals surface area contributed by atoms with E-state index in [1.807, 2.05) is 54.7 Å². The van der Waals surface area contributed by atoms with E-state index in [9.17, 15) is 14.9 Å². The number of allylic oxidation sites excluding steroid dienone is 1. The van der Waals surface area contributed by atoms with E-state index < -0.39 is 5.41 Å². The summed E-state index contributed by atoms with van der Waals surface area (Å²) in [6.45, 7) is 9.17. The molecular formula is C28H25N5O2S. The summed E-state index contributed by atoms with van der Waals surface area (Å²) in [5, 5.41) is 14.6. The third kappa shape index (κ3) is 4.88. The maximum absolute atomic E-state index is 13.4. The fourth-order valence-electron chi connectivity index (χ4n) is 3.65. The Morgan fingerprint density at radius 2 is 1.94 bits per heavy atom. The minimum absolute atomic E-state index is 0.0291. The first-order valence-electron chi connectivity index (χ1n) is 11.3.